The number of hydrogen-bond donors (Lipinski definition) is 0. The molecule has 0 aromatic heterocycles. The smallest absolute Gasteiger partial charge is 0.494 e. The van der Waals surface area contributed by atoms with Crippen molar-refractivity contribution in [2.75, 3.05) is 26.4 Å². The molecule has 10 nitrogen and oxygen atoms in total. The van der Waals surface area contributed by atoms with E-state index in [1.165, 1.54) is 36.4 Å². The lowest BCUT2D eigenvalue weighted by Gasteiger charge is -2.07. The summed E-state index contributed by atoms with van der Waals surface area (Å²) in [6.07, 6.45) is 13.6. The van der Waals surface area contributed by atoms with Crippen molar-refractivity contribution in [1.82, 2.24) is 0 Å². The van der Waals surface area contributed by atoms with Gasteiger partial charge in [-0.1, -0.05) is 58.0 Å². The minimum absolute atomic E-state index is 0.135. The summed E-state index contributed by atoms with van der Waals surface area (Å²) in [5.74, 6) is -0.555. The van der Waals surface area contributed by atoms with Crippen molar-refractivity contribution in [3.63, 3.8) is 0 Å². The van der Waals surface area contributed by atoms with Crippen LogP contribution in [0, 0.1) is 0 Å². The molecule has 0 fully saturated rings. The summed E-state index contributed by atoms with van der Waals surface area (Å²) in [7, 11) is 0. The summed E-state index contributed by atoms with van der Waals surface area (Å²) in [5.41, 5.74) is 1.80. The molecule has 0 aliphatic rings. The van der Waals surface area contributed by atoms with Crippen molar-refractivity contribution in [2.24, 2.45) is 0 Å². The van der Waals surface area contributed by atoms with Crippen LogP contribution < -0.4 is 9.47 Å². The molecule has 0 saturated heterocycles. The van der Waals surface area contributed by atoms with E-state index in [0.717, 1.165) is 31.8 Å². The van der Waals surface area contributed by atoms with E-state index in [4.69, 9.17) is 23.7 Å². The van der Waals surface area contributed by atoms with E-state index in [0.29, 0.717) is 42.1 Å². The van der Waals surface area contributed by atoms with Crippen molar-refractivity contribution >= 4 is 24.1 Å². The quantitative estimate of drug-likeness (QED) is 0.0189. The summed E-state index contributed by atoms with van der Waals surface area (Å²) in [5, 5.41) is 0. The molecule has 1 aromatic rings. The number of allylic oxidation sites excluding steroid dienone is 8. The largest absolute Gasteiger partial charge is 0.513 e. The van der Waals surface area contributed by atoms with Crippen molar-refractivity contribution in [3.05, 3.63) is 122 Å². The number of hydrogen-bond acceptors (Lipinski definition) is 10. The molecule has 0 spiro atoms. The molecule has 0 unspecified atom stereocenters. The minimum Gasteiger partial charge on any atom is -0.494 e. The van der Waals surface area contributed by atoms with E-state index in [9.17, 15) is 19.2 Å². The maximum absolute atomic E-state index is 12.2. The molecule has 0 heterocycles. The third-order valence-corrected chi connectivity index (χ3v) is 5.65. The van der Waals surface area contributed by atoms with Gasteiger partial charge in [-0.3, -0.25) is 4.79 Å². The molecule has 1 aromatic carbocycles. The third-order valence-electron chi connectivity index (χ3n) is 5.65. The standard InChI is InChI=1S/C36H42O10/c1-7-33(37)42-24-12-10-9-11-23-41-30(6)17-16-29(5)28(4)15-13-27(3)14-22-35(39)45-31-18-20-32(21-19-31)46-36(40)44-26-25-43-34(38)8-2/h8,13-22H,2-7,9-12,23-26H2,1H3/b15-13-,17-16-,22-14+. The van der Waals surface area contributed by atoms with Gasteiger partial charge >= 0.3 is 24.1 Å². The van der Waals surface area contributed by atoms with Gasteiger partial charge in [0.25, 0.3) is 0 Å². The maximum Gasteiger partial charge on any atom is 0.513 e. The molecule has 246 valence electrons. The van der Waals surface area contributed by atoms with E-state index in [1.807, 2.05) is 0 Å². The molecule has 0 aliphatic carbocycles. The Bertz CT molecular complexity index is 1330. The lowest BCUT2D eigenvalue weighted by atomic mass is 10.1. The third kappa shape index (κ3) is 19.0. The van der Waals surface area contributed by atoms with Crippen LogP contribution in [0.3, 0.4) is 0 Å². The molecule has 10 heteroatoms. The Balaban J connectivity index is 2.33. The Morgan fingerprint density at radius 2 is 1.15 bits per heavy atom. The molecule has 1 rings (SSSR count). The summed E-state index contributed by atoms with van der Waals surface area (Å²) in [6.45, 7) is 21.4. The second-order valence-corrected chi connectivity index (χ2v) is 9.39. The van der Waals surface area contributed by atoms with Gasteiger partial charge in [0.1, 0.15) is 30.5 Å². The lowest BCUT2D eigenvalue weighted by Crippen LogP contribution is -2.15. The van der Waals surface area contributed by atoms with Gasteiger partial charge in [0, 0.05) is 18.6 Å². The Hall–Kier alpha value is -5.38. The normalized spacial score (nSPS) is 10.7. The first-order valence-electron chi connectivity index (χ1n) is 14.6. The summed E-state index contributed by atoms with van der Waals surface area (Å²) < 4.78 is 30.3. The molecular weight excluding hydrogens is 592 g/mol. The van der Waals surface area contributed by atoms with Crippen LogP contribution in [0.25, 0.3) is 0 Å². The van der Waals surface area contributed by atoms with E-state index in [-0.39, 0.29) is 30.7 Å². The van der Waals surface area contributed by atoms with E-state index in [1.54, 1.807) is 31.2 Å². The Morgan fingerprint density at radius 3 is 1.76 bits per heavy atom. The highest BCUT2D eigenvalue weighted by Gasteiger charge is 2.08. The predicted molar refractivity (Wildman–Crippen MR) is 175 cm³/mol. The Morgan fingerprint density at radius 1 is 0.609 bits per heavy atom. The fourth-order valence-electron chi connectivity index (χ4n) is 3.12. The van der Waals surface area contributed by atoms with Gasteiger partial charge in [-0.15, -0.1) is 0 Å². The molecule has 0 aliphatic heterocycles. The molecule has 0 atom stereocenters. The van der Waals surface area contributed by atoms with Crippen LogP contribution in [0.2, 0.25) is 0 Å². The summed E-state index contributed by atoms with van der Waals surface area (Å²) in [6, 6.07) is 5.71. The number of benzene rings is 1. The van der Waals surface area contributed by atoms with Crippen LogP contribution in [-0.2, 0) is 33.3 Å². The van der Waals surface area contributed by atoms with E-state index >= 15 is 0 Å². The second-order valence-electron chi connectivity index (χ2n) is 9.39. The van der Waals surface area contributed by atoms with Crippen LogP contribution in [0.15, 0.2) is 122 Å². The van der Waals surface area contributed by atoms with Crippen LogP contribution in [-0.4, -0.2) is 50.5 Å². The zero-order valence-corrected chi connectivity index (χ0v) is 26.3. The van der Waals surface area contributed by atoms with Crippen LogP contribution in [0.5, 0.6) is 11.5 Å². The first-order valence-corrected chi connectivity index (χ1v) is 14.6. The second kappa shape index (κ2) is 23.1. The molecule has 0 saturated carbocycles. The van der Waals surface area contributed by atoms with Gasteiger partial charge in [-0.25, -0.2) is 14.4 Å². The van der Waals surface area contributed by atoms with Gasteiger partial charge in [0.2, 0.25) is 0 Å². The lowest BCUT2D eigenvalue weighted by molar-refractivity contribution is -0.143. The van der Waals surface area contributed by atoms with Gasteiger partial charge in [0.05, 0.1) is 13.2 Å². The first-order chi connectivity index (χ1) is 22.0. The topological polar surface area (TPSA) is 124 Å². The molecule has 0 amide bonds. The number of esters is 3. The van der Waals surface area contributed by atoms with Gasteiger partial charge in [0.15, 0.2) is 0 Å². The zero-order chi connectivity index (χ0) is 34.2. The summed E-state index contributed by atoms with van der Waals surface area (Å²) in [4.78, 5) is 45.9. The summed E-state index contributed by atoms with van der Waals surface area (Å²) >= 11 is 0. The van der Waals surface area contributed by atoms with Crippen LogP contribution >= 0.6 is 0 Å². The monoisotopic (exact) mass is 634 g/mol. The van der Waals surface area contributed by atoms with Crippen LogP contribution in [0.4, 0.5) is 4.79 Å². The van der Waals surface area contributed by atoms with Gasteiger partial charge < -0.3 is 28.4 Å². The molecule has 0 N–H and O–H groups in total. The van der Waals surface area contributed by atoms with Crippen molar-refractivity contribution in [2.45, 2.75) is 39.0 Å². The van der Waals surface area contributed by atoms with E-state index < -0.39 is 18.1 Å². The zero-order valence-electron chi connectivity index (χ0n) is 26.3. The Labute approximate surface area is 270 Å². The number of unbranched alkanes of at least 4 members (excludes halogenated alkanes) is 3. The fraction of sp³-hybridized carbons (Fsp3) is 0.278. The first kappa shape index (κ1) is 38.6. The Kier molecular flexibility index (Phi) is 19.4. The molecular formula is C36H42O10. The number of ether oxygens (including phenoxy) is 6. The molecule has 0 radical (unpaired) electrons. The predicted octanol–water partition coefficient (Wildman–Crippen LogP) is 7.22. The number of carbonyl (C=O) groups excluding carboxylic acids is 4. The van der Waals surface area contributed by atoms with E-state index in [2.05, 4.69) is 37.6 Å². The highest BCUT2D eigenvalue weighted by molar-refractivity contribution is 5.84. The van der Waals surface area contributed by atoms with Crippen molar-refractivity contribution in [1.29, 1.82) is 0 Å². The fourth-order valence-corrected chi connectivity index (χ4v) is 3.12. The highest BCUT2D eigenvalue weighted by Crippen LogP contribution is 2.18. The highest BCUT2D eigenvalue weighted by atomic mass is 16.7. The van der Waals surface area contributed by atoms with Gasteiger partial charge in [-0.2, -0.15) is 0 Å². The maximum atomic E-state index is 12.2. The minimum atomic E-state index is -0.987. The average molecular weight is 635 g/mol. The van der Waals surface area contributed by atoms with Gasteiger partial charge in [-0.05, 0) is 78.8 Å². The molecule has 0 bridgehead atoms. The number of rotatable bonds is 22. The number of carbonyl (C=O) groups is 4. The van der Waals surface area contributed by atoms with Crippen molar-refractivity contribution < 1.29 is 47.6 Å². The SMILES string of the molecule is C=CC(=O)OCCOC(=O)Oc1ccc(OC(=O)/C=C/C(=C)/C=C\C(=C)C(=C)/C=C\C(=C)OCCCCCCOC(=O)CC)cc1. The molecule has 46 heavy (non-hydrogen) atoms. The van der Waals surface area contributed by atoms with Crippen molar-refractivity contribution in [3.8, 4) is 11.5 Å². The van der Waals surface area contributed by atoms with Crippen LogP contribution in [0.1, 0.15) is 39.0 Å². The average Bonchev–Trinajstić information content (AvgIpc) is 3.05.